The smallest absolute Gasteiger partial charge is 0.413 e. The second-order valence-corrected chi connectivity index (χ2v) is 4.96. The average Bonchev–Trinajstić information content (AvgIpc) is 2.50. The molecular formula is C13H16N4O4S2. The lowest BCUT2D eigenvalue weighted by atomic mass is 10.1. The van der Waals surface area contributed by atoms with Crippen molar-refractivity contribution in [2.75, 3.05) is 24.9 Å². The highest BCUT2D eigenvalue weighted by Gasteiger charge is 2.11. The van der Waals surface area contributed by atoms with Gasteiger partial charge < -0.3 is 20.1 Å². The molecule has 0 saturated heterocycles. The number of hydrogen-bond acceptors (Lipinski definition) is 6. The van der Waals surface area contributed by atoms with Crippen LogP contribution in [0.15, 0.2) is 18.2 Å². The molecule has 1 aromatic rings. The summed E-state index contributed by atoms with van der Waals surface area (Å²) in [4.78, 5) is 22.3. The van der Waals surface area contributed by atoms with Gasteiger partial charge in [0, 0.05) is 0 Å². The molecule has 0 aromatic heterocycles. The van der Waals surface area contributed by atoms with Gasteiger partial charge in [-0.05, 0) is 43.0 Å². The fourth-order valence-electron chi connectivity index (χ4n) is 1.52. The van der Waals surface area contributed by atoms with E-state index in [1.165, 1.54) is 14.2 Å². The largest absolute Gasteiger partial charge is 0.453 e. The van der Waals surface area contributed by atoms with Crippen molar-refractivity contribution < 1.29 is 19.1 Å². The van der Waals surface area contributed by atoms with E-state index in [-0.39, 0.29) is 10.2 Å². The van der Waals surface area contributed by atoms with Crippen molar-refractivity contribution in [1.82, 2.24) is 10.6 Å². The molecule has 1 rings (SSSR count). The van der Waals surface area contributed by atoms with E-state index in [9.17, 15) is 9.59 Å². The zero-order valence-electron chi connectivity index (χ0n) is 12.7. The van der Waals surface area contributed by atoms with Crippen LogP contribution in [0.5, 0.6) is 0 Å². The highest BCUT2D eigenvalue weighted by molar-refractivity contribution is 7.80. The number of anilines is 2. The van der Waals surface area contributed by atoms with Gasteiger partial charge in [-0.15, -0.1) is 0 Å². The molecule has 0 heterocycles. The van der Waals surface area contributed by atoms with E-state index in [1.54, 1.807) is 12.1 Å². The Balaban J connectivity index is 2.87. The molecule has 0 radical (unpaired) electrons. The summed E-state index contributed by atoms with van der Waals surface area (Å²) < 4.78 is 8.92. The van der Waals surface area contributed by atoms with Crippen LogP contribution in [-0.2, 0) is 9.47 Å². The Morgan fingerprint density at radius 1 is 0.957 bits per heavy atom. The molecule has 2 amide bonds. The number of carbonyl (C=O) groups excluding carboxylic acids is 2. The molecule has 0 aliphatic carbocycles. The van der Waals surface area contributed by atoms with Gasteiger partial charge in [-0.2, -0.15) is 0 Å². The summed E-state index contributed by atoms with van der Waals surface area (Å²) in [6, 6.07) is 5.35. The number of ether oxygens (including phenoxy) is 2. The van der Waals surface area contributed by atoms with Crippen LogP contribution >= 0.6 is 24.4 Å². The quantitative estimate of drug-likeness (QED) is 0.598. The molecule has 4 N–H and O–H groups in total. The summed E-state index contributed by atoms with van der Waals surface area (Å²) in [5, 5.41) is 10.5. The van der Waals surface area contributed by atoms with Crippen molar-refractivity contribution in [3.8, 4) is 0 Å². The minimum Gasteiger partial charge on any atom is -0.453 e. The number of carbonyl (C=O) groups is 2. The third kappa shape index (κ3) is 6.04. The molecule has 0 aliphatic heterocycles. The van der Waals surface area contributed by atoms with Crippen LogP contribution in [0.25, 0.3) is 0 Å². The summed E-state index contributed by atoms with van der Waals surface area (Å²) in [5.74, 6) is 0. The van der Waals surface area contributed by atoms with Crippen LogP contribution in [-0.4, -0.2) is 36.6 Å². The molecule has 0 unspecified atom stereocenters. The molecule has 0 fully saturated rings. The van der Waals surface area contributed by atoms with Crippen LogP contribution in [0.4, 0.5) is 21.0 Å². The SMILES string of the molecule is COC(=O)NC(=S)Nc1cccc(C)c1NC(=S)NC(=O)OC. The third-order valence-corrected chi connectivity index (χ3v) is 2.97. The summed E-state index contributed by atoms with van der Waals surface area (Å²) in [7, 11) is 2.46. The number of nitrogens with one attached hydrogen (secondary N) is 4. The molecule has 124 valence electrons. The van der Waals surface area contributed by atoms with Crippen molar-refractivity contribution in [1.29, 1.82) is 0 Å². The topological polar surface area (TPSA) is 101 Å². The first-order chi connectivity index (χ1) is 10.9. The molecular weight excluding hydrogens is 340 g/mol. The maximum absolute atomic E-state index is 11.2. The molecule has 0 atom stereocenters. The van der Waals surface area contributed by atoms with Crippen LogP contribution in [0.3, 0.4) is 0 Å². The van der Waals surface area contributed by atoms with Crippen LogP contribution < -0.4 is 21.3 Å². The fraction of sp³-hybridized carbons (Fsp3) is 0.231. The summed E-state index contributed by atoms with van der Waals surface area (Å²) >= 11 is 10.0. The van der Waals surface area contributed by atoms with E-state index in [1.807, 2.05) is 13.0 Å². The predicted molar refractivity (Wildman–Crippen MR) is 94.7 cm³/mol. The van der Waals surface area contributed by atoms with Crippen molar-refractivity contribution in [3.05, 3.63) is 23.8 Å². The zero-order chi connectivity index (χ0) is 17.4. The molecule has 23 heavy (non-hydrogen) atoms. The Labute approximate surface area is 143 Å². The Bertz CT molecular complexity index is 636. The highest BCUT2D eigenvalue weighted by atomic mass is 32.1. The number of rotatable bonds is 2. The first-order valence-electron chi connectivity index (χ1n) is 6.29. The van der Waals surface area contributed by atoms with E-state index in [0.717, 1.165) is 5.56 Å². The molecule has 0 bridgehead atoms. The van der Waals surface area contributed by atoms with E-state index >= 15 is 0 Å². The van der Waals surface area contributed by atoms with Crippen LogP contribution in [0.2, 0.25) is 0 Å². The van der Waals surface area contributed by atoms with E-state index in [4.69, 9.17) is 24.4 Å². The number of benzene rings is 1. The van der Waals surface area contributed by atoms with Gasteiger partial charge in [0.15, 0.2) is 10.2 Å². The predicted octanol–water partition coefficient (Wildman–Crippen LogP) is 2.10. The first-order valence-corrected chi connectivity index (χ1v) is 7.10. The number of amides is 2. The molecule has 0 aliphatic rings. The number of alkyl carbamates (subject to hydrolysis) is 2. The Hall–Kier alpha value is -2.46. The summed E-state index contributed by atoms with van der Waals surface area (Å²) in [6.07, 6.45) is -1.37. The maximum Gasteiger partial charge on any atom is 0.413 e. The molecule has 0 saturated carbocycles. The number of methoxy groups -OCH3 is 2. The number of thiocarbonyl (C=S) groups is 2. The van der Waals surface area contributed by atoms with Gasteiger partial charge in [0.05, 0.1) is 25.6 Å². The normalized spacial score (nSPS) is 9.35. The van der Waals surface area contributed by atoms with E-state index in [0.29, 0.717) is 11.4 Å². The lowest BCUT2D eigenvalue weighted by Gasteiger charge is -2.17. The first kappa shape index (κ1) is 18.6. The number of aryl methyl sites for hydroxylation is 1. The van der Waals surface area contributed by atoms with Crippen LogP contribution in [0.1, 0.15) is 5.56 Å². The van der Waals surface area contributed by atoms with Gasteiger partial charge in [-0.1, -0.05) is 12.1 Å². The average molecular weight is 356 g/mol. The second kappa shape index (κ2) is 8.86. The second-order valence-electron chi connectivity index (χ2n) is 4.14. The van der Waals surface area contributed by atoms with Gasteiger partial charge in [-0.25, -0.2) is 9.59 Å². The molecule has 0 spiro atoms. The monoisotopic (exact) mass is 356 g/mol. The van der Waals surface area contributed by atoms with Crippen LogP contribution in [0, 0.1) is 6.92 Å². The molecule has 1 aromatic carbocycles. The van der Waals surface area contributed by atoms with Crippen molar-refractivity contribution in [2.45, 2.75) is 6.92 Å². The van der Waals surface area contributed by atoms with Gasteiger partial charge in [0.25, 0.3) is 0 Å². The molecule has 10 heteroatoms. The number of para-hydroxylation sites is 1. The van der Waals surface area contributed by atoms with Gasteiger partial charge in [0.2, 0.25) is 0 Å². The summed E-state index contributed by atoms with van der Waals surface area (Å²) in [5.41, 5.74) is 1.98. The van der Waals surface area contributed by atoms with Crippen molar-refractivity contribution in [2.24, 2.45) is 0 Å². The highest BCUT2D eigenvalue weighted by Crippen LogP contribution is 2.25. The summed E-state index contributed by atoms with van der Waals surface area (Å²) in [6.45, 7) is 1.84. The Morgan fingerprint density at radius 3 is 2.00 bits per heavy atom. The van der Waals surface area contributed by atoms with E-state index < -0.39 is 12.2 Å². The Kier molecular flexibility index (Phi) is 7.16. The minimum absolute atomic E-state index is 0.0531. The third-order valence-electron chi connectivity index (χ3n) is 2.56. The van der Waals surface area contributed by atoms with Gasteiger partial charge in [-0.3, -0.25) is 10.6 Å². The Morgan fingerprint density at radius 2 is 1.48 bits per heavy atom. The minimum atomic E-state index is -0.687. The lowest BCUT2D eigenvalue weighted by Crippen LogP contribution is -2.36. The standard InChI is InChI=1S/C13H16N4O4S2/c1-7-5-4-6-8(14-10(22)16-12(18)20-2)9(7)15-11(23)17-13(19)21-3/h4-6H,1-3H3,(H2,14,16,18,22)(H2,15,17,19,23). The lowest BCUT2D eigenvalue weighted by molar-refractivity contribution is 0.176. The maximum atomic E-state index is 11.2. The zero-order valence-corrected chi connectivity index (χ0v) is 14.3. The van der Waals surface area contributed by atoms with Crippen molar-refractivity contribution >= 4 is 58.2 Å². The number of hydrogen-bond donors (Lipinski definition) is 4. The van der Waals surface area contributed by atoms with Crippen molar-refractivity contribution in [3.63, 3.8) is 0 Å². The van der Waals surface area contributed by atoms with E-state index in [2.05, 4.69) is 30.7 Å². The fourth-order valence-corrected chi connectivity index (χ4v) is 1.90. The van der Waals surface area contributed by atoms with Gasteiger partial charge >= 0.3 is 12.2 Å². The van der Waals surface area contributed by atoms with Gasteiger partial charge in [0.1, 0.15) is 0 Å². The molecule has 8 nitrogen and oxygen atoms in total.